The number of nitrogen functional groups attached to an aromatic ring is 1. The van der Waals surface area contributed by atoms with Gasteiger partial charge in [0.1, 0.15) is 4.92 Å². The topological polar surface area (TPSA) is 82.3 Å². The van der Waals surface area contributed by atoms with Crippen LogP contribution in [0.4, 0.5) is 11.8 Å². The number of hydrogen-bond donors (Lipinski definition) is 1. The lowest BCUT2D eigenvalue weighted by Gasteiger charge is -1.79. The van der Waals surface area contributed by atoms with E-state index >= 15 is 0 Å². The first-order chi connectivity index (χ1) is 4.20. The van der Waals surface area contributed by atoms with Crippen molar-refractivity contribution in [2.45, 2.75) is 0 Å². The Balaban J connectivity index is 2.98. The first-order valence-electron chi connectivity index (χ1n) is 2.20. The summed E-state index contributed by atoms with van der Waals surface area (Å²) in [6, 6.07) is 2.54. The van der Waals surface area contributed by atoms with Gasteiger partial charge in [0.15, 0.2) is 5.88 Å². The molecule has 1 heterocycles. The molecule has 1 rings (SSSR count). The van der Waals surface area contributed by atoms with Crippen molar-refractivity contribution in [3.05, 3.63) is 22.2 Å². The molecule has 0 fully saturated rings. The molecule has 0 bridgehead atoms. The number of nitrogens with two attached hydrogens (primary N) is 1. The van der Waals surface area contributed by atoms with E-state index in [1.807, 2.05) is 0 Å². The van der Waals surface area contributed by atoms with E-state index < -0.39 is 4.92 Å². The van der Waals surface area contributed by atoms with Crippen LogP contribution >= 0.6 is 0 Å². The van der Waals surface area contributed by atoms with Crippen LogP contribution in [0.1, 0.15) is 0 Å². The van der Waals surface area contributed by atoms with E-state index in [0.717, 1.165) is 0 Å². The molecular weight excluding hydrogens is 124 g/mol. The van der Waals surface area contributed by atoms with E-state index in [-0.39, 0.29) is 11.8 Å². The smallest absolute Gasteiger partial charge is 0.385 e. The second-order valence-electron chi connectivity index (χ2n) is 1.43. The fourth-order valence-electron chi connectivity index (χ4n) is 0.440. The number of hydrogen-bond acceptors (Lipinski definition) is 4. The van der Waals surface area contributed by atoms with Crippen molar-refractivity contribution < 1.29 is 9.34 Å². The van der Waals surface area contributed by atoms with Gasteiger partial charge in [-0.25, -0.2) is 0 Å². The molecule has 1 aromatic heterocycles. The molecule has 0 spiro atoms. The summed E-state index contributed by atoms with van der Waals surface area (Å²) in [6.45, 7) is 0. The molecule has 5 heteroatoms. The Hall–Kier alpha value is -1.52. The van der Waals surface area contributed by atoms with Crippen LogP contribution in [0.5, 0.6) is 0 Å². The normalized spacial score (nSPS) is 9.33. The molecule has 0 aliphatic heterocycles. The second-order valence-corrected chi connectivity index (χ2v) is 1.43. The zero-order valence-corrected chi connectivity index (χ0v) is 4.40. The van der Waals surface area contributed by atoms with Gasteiger partial charge in [0, 0.05) is 6.07 Å². The first kappa shape index (κ1) is 5.61. The van der Waals surface area contributed by atoms with Gasteiger partial charge in [0.25, 0.3) is 0 Å². The van der Waals surface area contributed by atoms with Gasteiger partial charge in [-0.1, -0.05) is 0 Å². The van der Waals surface area contributed by atoms with Crippen LogP contribution < -0.4 is 5.73 Å². The SMILES string of the molecule is Nc1ccc([N+](=O)[O-])o1. The largest absolute Gasteiger partial charge is 0.434 e. The molecule has 0 aliphatic carbocycles. The third kappa shape index (κ3) is 0.987. The first-order valence-corrected chi connectivity index (χ1v) is 2.20. The number of anilines is 1. The summed E-state index contributed by atoms with van der Waals surface area (Å²) < 4.78 is 4.42. The van der Waals surface area contributed by atoms with Gasteiger partial charge in [-0.15, -0.1) is 0 Å². The number of rotatable bonds is 1. The molecule has 0 aliphatic rings. The lowest BCUT2D eigenvalue weighted by Crippen LogP contribution is -1.83. The van der Waals surface area contributed by atoms with E-state index in [0.29, 0.717) is 0 Å². The van der Waals surface area contributed by atoms with Crippen molar-refractivity contribution in [2.75, 3.05) is 5.73 Å². The van der Waals surface area contributed by atoms with Crippen molar-refractivity contribution in [1.82, 2.24) is 0 Å². The van der Waals surface area contributed by atoms with E-state index in [1.54, 1.807) is 0 Å². The van der Waals surface area contributed by atoms with Crippen LogP contribution in [0.25, 0.3) is 0 Å². The molecule has 0 radical (unpaired) electrons. The third-order valence-corrected chi connectivity index (χ3v) is 0.793. The molecule has 2 N–H and O–H groups in total. The Morgan fingerprint density at radius 1 is 1.67 bits per heavy atom. The summed E-state index contributed by atoms with van der Waals surface area (Å²) in [7, 11) is 0. The van der Waals surface area contributed by atoms with E-state index in [4.69, 9.17) is 5.73 Å². The van der Waals surface area contributed by atoms with Crippen LogP contribution in [0.3, 0.4) is 0 Å². The minimum Gasteiger partial charge on any atom is -0.385 e. The highest BCUT2D eigenvalue weighted by Crippen LogP contribution is 2.15. The quantitative estimate of drug-likeness (QED) is 0.447. The molecule has 1 aromatic rings. The van der Waals surface area contributed by atoms with Crippen molar-refractivity contribution >= 4 is 11.8 Å². The molecular formula is C4H4N2O3. The van der Waals surface area contributed by atoms with Crippen molar-refractivity contribution in [3.8, 4) is 0 Å². The maximum absolute atomic E-state index is 9.87. The fourth-order valence-corrected chi connectivity index (χ4v) is 0.440. The monoisotopic (exact) mass is 128 g/mol. The Bertz CT molecular complexity index is 229. The highest BCUT2D eigenvalue weighted by Gasteiger charge is 2.08. The average molecular weight is 128 g/mol. The minimum atomic E-state index is -0.642. The van der Waals surface area contributed by atoms with Crippen LogP contribution in [0, 0.1) is 10.1 Å². The molecule has 0 aromatic carbocycles. The van der Waals surface area contributed by atoms with Crippen LogP contribution in [0.2, 0.25) is 0 Å². The zero-order chi connectivity index (χ0) is 6.85. The number of nitro groups is 1. The summed E-state index contributed by atoms with van der Waals surface area (Å²) >= 11 is 0. The van der Waals surface area contributed by atoms with Crippen molar-refractivity contribution in [2.24, 2.45) is 0 Å². The van der Waals surface area contributed by atoms with Gasteiger partial charge in [-0.3, -0.25) is 10.1 Å². The van der Waals surface area contributed by atoms with Crippen molar-refractivity contribution in [1.29, 1.82) is 0 Å². The molecule has 48 valence electrons. The van der Waals surface area contributed by atoms with Crippen LogP contribution in [0.15, 0.2) is 16.5 Å². The van der Waals surface area contributed by atoms with Gasteiger partial charge >= 0.3 is 5.88 Å². The van der Waals surface area contributed by atoms with Gasteiger partial charge in [0.05, 0.1) is 6.07 Å². The standard InChI is InChI=1S/C4H4N2O3/c5-3-1-2-4(9-3)6(7)8/h1-2H,5H2. The second kappa shape index (κ2) is 1.77. The zero-order valence-electron chi connectivity index (χ0n) is 4.40. The lowest BCUT2D eigenvalue weighted by molar-refractivity contribution is -0.401. The third-order valence-electron chi connectivity index (χ3n) is 0.793. The number of nitrogens with zero attached hydrogens (tertiary/aromatic N) is 1. The fraction of sp³-hybridized carbons (Fsp3) is 0. The van der Waals surface area contributed by atoms with E-state index in [1.165, 1.54) is 12.1 Å². The van der Waals surface area contributed by atoms with Crippen molar-refractivity contribution in [3.63, 3.8) is 0 Å². The Morgan fingerprint density at radius 3 is 2.56 bits per heavy atom. The molecule has 9 heavy (non-hydrogen) atoms. The van der Waals surface area contributed by atoms with Gasteiger partial charge in [0.2, 0.25) is 0 Å². The Labute approximate surface area is 50.2 Å². The summed E-state index contributed by atoms with van der Waals surface area (Å²) in [5.74, 6) is -0.269. The predicted molar refractivity (Wildman–Crippen MR) is 29.8 cm³/mol. The molecule has 0 unspecified atom stereocenters. The van der Waals surface area contributed by atoms with Crippen LogP contribution in [-0.2, 0) is 0 Å². The van der Waals surface area contributed by atoms with Gasteiger partial charge in [-0.05, 0) is 0 Å². The summed E-state index contributed by atoms with van der Waals surface area (Å²) in [6.07, 6.45) is 0. The lowest BCUT2D eigenvalue weighted by atomic mass is 10.6. The van der Waals surface area contributed by atoms with E-state index in [2.05, 4.69) is 4.42 Å². The molecule has 5 nitrogen and oxygen atoms in total. The van der Waals surface area contributed by atoms with Gasteiger partial charge < -0.3 is 10.2 Å². The maximum atomic E-state index is 9.87. The average Bonchev–Trinajstić information content (AvgIpc) is 2.14. The summed E-state index contributed by atoms with van der Waals surface area (Å²) in [5.41, 5.74) is 5.05. The van der Waals surface area contributed by atoms with Gasteiger partial charge in [-0.2, -0.15) is 0 Å². The maximum Gasteiger partial charge on any atom is 0.434 e. The summed E-state index contributed by atoms with van der Waals surface area (Å²) in [4.78, 5) is 9.23. The van der Waals surface area contributed by atoms with E-state index in [9.17, 15) is 10.1 Å². The molecule has 0 saturated heterocycles. The highest BCUT2D eigenvalue weighted by atomic mass is 16.6. The molecule has 0 atom stereocenters. The molecule has 0 amide bonds. The Kier molecular flexibility index (Phi) is 1.11. The Morgan fingerprint density at radius 2 is 2.33 bits per heavy atom. The number of furan rings is 1. The molecule has 0 saturated carbocycles. The predicted octanol–water partition coefficient (Wildman–Crippen LogP) is 0.770. The summed E-state index contributed by atoms with van der Waals surface area (Å²) in [5, 5.41) is 9.87. The minimum absolute atomic E-state index is 0.0571. The highest BCUT2D eigenvalue weighted by molar-refractivity contribution is 5.30. The van der Waals surface area contributed by atoms with Crippen LogP contribution in [-0.4, -0.2) is 4.92 Å².